The minimum absolute atomic E-state index is 0.0288. The number of amides is 1. The fraction of sp³-hybridized carbons (Fsp3) is 0.316. The van der Waals surface area contributed by atoms with Crippen molar-refractivity contribution in [2.24, 2.45) is 0 Å². The normalized spacial score (nSPS) is 18.2. The van der Waals surface area contributed by atoms with E-state index in [1.165, 1.54) is 22.5 Å². The fourth-order valence-corrected chi connectivity index (χ4v) is 5.12. The molecule has 3 rings (SSSR count). The molecule has 1 fully saturated rings. The molecule has 1 unspecified atom stereocenters. The topological polar surface area (TPSA) is 66.5 Å². The average molecular weight is 411 g/mol. The van der Waals surface area contributed by atoms with E-state index in [2.05, 4.69) is 5.32 Å². The molecule has 1 atom stereocenters. The second kappa shape index (κ2) is 8.37. The molecule has 1 N–H and O–H groups in total. The van der Waals surface area contributed by atoms with Gasteiger partial charge in [-0.25, -0.2) is 12.8 Å². The fourth-order valence-electron chi connectivity index (χ4n) is 3.22. The van der Waals surface area contributed by atoms with Crippen LogP contribution in [0, 0.1) is 5.82 Å². The molecule has 2 aromatic carbocycles. The minimum atomic E-state index is -3.66. The van der Waals surface area contributed by atoms with Gasteiger partial charge in [0, 0.05) is 24.7 Å². The highest BCUT2D eigenvalue weighted by molar-refractivity contribution is 7.89. The lowest BCUT2D eigenvalue weighted by atomic mass is 10.0. The van der Waals surface area contributed by atoms with Gasteiger partial charge in [0.1, 0.15) is 5.82 Å². The highest BCUT2D eigenvalue weighted by atomic mass is 35.5. The number of nitrogens with one attached hydrogen (secondary N) is 1. The van der Waals surface area contributed by atoms with Gasteiger partial charge in [0.15, 0.2) is 0 Å². The van der Waals surface area contributed by atoms with E-state index in [1.54, 1.807) is 30.3 Å². The molecule has 27 heavy (non-hydrogen) atoms. The zero-order valence-corrected chi connectivity index (χ0v) is 16.1. The maximum atomic E-state index is 13.2. The Bertz CT molecular complexity index is 922. The molecular weight excluding hydrogens is 391 g/mol. The summed E-state index contributed by atoms with van der Waals surface area (Å²) in [7, 11) is -3.66. The third-order valence-electron chi connectivity index (χ3n) is 4.55. The zero-order valence-electron chi connectivity index (χ0n) is 14.6. The van der Waals surface area contributed by atoms with Crippen molar-refractivity contribution in [3.63, 3.8) is 0 Å². The van der Waals surface area contributed by atoms with Crippen molar-refractivity contribution in [2.75, 3.05) is 11.9 Å². The summed E-state index contributed by atoms with van der Waals surface area (Å²) in [5.41, 5.74) is 0.375. The van der Waals surface area contributed by atoms with E-state index in [0.717, 1.165) is 12.8 Å². The lowest BCUT2D eigenvalue weighted by Crippen LogP contribution is -2.45. The molecule has 1 amide bonds. The summed E-state index contributed by atoms with van der Waals surface area (Å²) in [4.78, 5) is 12.6. The summed E-state index contributed by atoms with van der Waals surface area (Å²) in [5, 5.41) is 2.57. The molecule has 0 bridgehead atoms. The number of anilines is 1. The maximum absolute atomic E-state index is 13.2. The van der Waals surface area contributed by atoms with Crippen LogP contribution < -0.4 is 5.32 Å². The van der Waals surface area contributed by atoms with Crippen molar-refractivity contribution in [3.05, 3.63) is 59.4 Å². The third-order valence-corrected chi connectivity index (χ3v) is 6.80. The second-order valence-corrected chi connectivity index (χ2v) is 8.76. The van der Waals surface area contributed by atoms with E-state index in [1.807, 2.05) is 0 Å². The number of hydrogen-bond donors (Lipinski definition) is 1. The van der Waals surface area contributed by atoms with Gasteiger partial charge in [0.25, 0.3) is 0 Å². The minimum Gasteiger partial charge on any atom is -0.326 e. The monoisotopic (exact) mass is 410 g/mol. The molecule has 0 aromatic heterocycles. The number of piperidine rings is 1. The molecule has 144 valence electrons. The Kier molecular flexibility index (Phi) is 6.14. The summed E-state index contributed by atoms with van der Waals surface area (Å²) in [6.45, 7) is 0.386. The predicted molar refractivity (Wildman–Crippen MR) is 103 cm³/mol. The average Bonchev–Trinajstić information content (AvgIpc) is 2.66. The summed E-state index contributed by atoms with van der Waals surface area (Å²) >= 11 is 5.73. The van der Waals surface area contributed by atoms with E-state index >= 15 is 0 Å². The largest absolute Gasteiger partial charge is 0.326 e. The van der Waals surface area contributed by atoms with E-state index in [4.69, 9.17) is 11.6 Å². The van der Waals surface area contributed by atoms with E-state index in [0.29, 0.717) is 18.7 Å². The summed E-state index contributed by atoms with van der Waals surface area (Å²) in [5.74, 6) is -0.903. The van der Waals surface area contributed by atoms with Crippen LogP contribution in [-0.2, 0) is 14.8 Å². The van der Waals surface area contributed by atoms with Crippen molar-refractivity contribution >= 4 is 33.2 Å². The van der Waals surface area contributed by atoms with Gasteiger partial charge < -0.3 is 5.32 Å². The number of hydrogen-bond acceptors (Lipinski definition) is 3. The summed E-state index contributed by atoms with van der Waals surface area (Å²) in [6, 6.07) is 11.7. The Morgan fingerprint density at radius 2 is 1.93 bits per heavy atom. The highest BCUT2D eigenvalue weighted by Crippen LogP contribution is 2.27. The van der Waals surface area contributed by atoms with Crippen LogP contribution in [0.3, 0.4) is 0 Å². The molecule has 1 saturated heterocycles. The molecule has 1 heterocycles. The first-order chi connectivity index (χ1) is 12.9. The Morgan fingerprint density at radius 1 is 1.19 bits per heavy atom. The lowest BCUT2D eigenvalue weighted by molar-refractivity contribution is -0.117. The predicted octanol–water partition coefficient (Wildman–Crippen LogP) is 4.05. The molecule has 1 aliphatic rings. The molecule has 0 saturated carbocycles. The van der Waals surface area contributed by atoms with Crippen LogP contribution in [0.15, 0.2) is 53.4 Å². The maximum Gasteiger partial charge on any atom is 0.243 e. The van der Waals surface area contributed by atoms with Crippen LogP contribution in [0.5, 0.6) is 0 Å². The van der Waals surface area contributed by atoms with Gasteiger partial charge in [-0.15, -0.1) is 0 Å². The highest BCUT2D eigenvalue weighted by Gasteiger charge is 2.34. The van der Waals surface area contributed by atoms with Crippen LogP contribution in [-0.4, -0.2) is 31.2 Å². The van der Waals surface area contributed by atoms with E-state index in [-0.39, 0.29) is 22.2 Å². The van der Waals surface area contributed by atoms with Crippen molar-refractivity contribution in [2.45, 2.75) is 36.6 Å². The van der Waals surface area contributed by atoms with Crippen LogP contribution in [0.1, 0.15) is 25.7 Å². The van der Waals surface area contributed by atoms with E-state index < -0.39 is 21.9 Å². The van der Waals surface area contributed by atoms with Gasteiger partial charge >= 0.3 is 0 Å². The van der Waals surface area contributed by atoms with Gasteiger partial charge in [0.05, 0.1) is 9.92 Å². The number of halogens is 2. The Balaban J connectivity index is 1.73. The molecule has 5 nitrogen and oxygen atoms in total. The van der Waals surface area contributed by atoms with Gasteiger partial charge in [-0.1, -0.05) is 36.2 Å². The zero-order chi connectivity index (χ0) is 19.4. The molecule has 0 spiro atoms. The molecule has 2 aromatic rings. The van der Waals surface area contributed by atoms with E-state index in [9.17, 15) is 17.6 Å². The standard InChI is InChI=1S/C19H20ClFN2O3S/c20-17-12-14(9-10-18(17)21)22-19(24)13-15-6-4-5-11-23(15)27(25,26)16-7-2-1-3-8-16/h1-3,7-10,12,15H,4-6,11,13H2,(H,22,24). The van der Waals surface area contributed by atoms with Crippen molar-refractivity contribution < 1.29 is 17.6 Å². The van der Waals surface area contributed by atoms with Crippen LogP contribution in [0.2, 0.25) is 5.02 Å². The van der Waals surface area contributed by atoms with Crippen LogP contribution in [0.4, 0.5) is 10.1 Å². The number of sulfonamides is 1. The molecular formula is C19H20ClFN2O3S. The van der Waals surface area contributed by atoms with Gasteiger partial charge in [-0.05, 0) is 43.2 Å². The van der Waals surface area contributed by atoms with Crippen LogP contribution in [0.25, 0.3) is 0 Å². The molecule has 1 aliphatic heterocycles. The lowest BCUT2D eigenvalue weighted by Gasteiger charge is -2.34. The first-order valence-electron chi connectivity index (χ1n) is 8.70. The van der Waals surface area contributed by atoms with Gasteiger partial charge in [-0.3, -0.25) is 4.79 Å². The van der Waals surface area contributed by atoms with Crippen molar-refractivity contribution in [1.29, 1.82) is 0 Å². The molecule has 8 heteroatoms. The summed E-state index contributed by atoms with van der Waals surface area (Å²) < 4.78 is 40.6. The molecule has 0 radical (unpaired) electrons. The third kappa shape index (κ3) is 4.66. The number of carbonyl (C=O) groups excluding carboxylic acids is 1. The van der Waals surface area contributed by atoms with Gasteiger partial charge in [-0.2, -0.15) is 4.31 Å². The number of rotatable bonds is 5. The summed E-state index contributed by atoms with van der Waals surface area (Å²) in [6.07, 6.45) is 2.27. The second-order valence-electron chi connectivity index (χ2n) is 6.46. The number of carbonyl (C=O) groups is 1. The molecule has 0 aliphatic carbocycles. The SMILES string of the molecule is O=C(CC1CCCCN1S(=O)(=O)c1ccccc1)Nc1ccc(F)c(Cl)c1. The Labute approximate surface area is 163 Å². The number of benzene rings is 2. The Morgan fingerprint density at radius 3 is 2.63 bits per heavy atom. The first kappa shape index (κ1) is 19.8. The smallest absolute Gasteiger partial charge is 0.243 e. The first-order valence-corrected chi connectivity index (χ1v) is 10.5. The van der Waals surface area contributed by atoms with Crippen molar-refractivity contribution in [3.8, 4) is 0 Å². The van der Waals surface area contributed by atoms with Crippen molar-refractivity contribution in [1.82, 2.24) is 4.31 Å². The number of nitrogens with zero attached hydrogens (tertiary/aromatic N) is 1. The Hall–Kier alpha value is -1.96. The quantitative estimate of drug-likeness (QED) is 0.808. The van der Waals surface area contributed by atoms with Crippen LogP contribution >= 0.6 is 11.6 Å². The van der Waals surface area contributed by atoms with Gasteiger partial charge in [0.2, 0.25) is 15.9 Å².